The molecule has 2 N–H and O–H groups in total. The third-order valence-electron chi connectivity index (χ3n) is 4.92. The number of pyridine rings is 1. The Morgan fingerprint density at radius 1 is 1.23 bits per heavy atom. The second-order valence-corrected chi connectivity index (χ2v) is 6.80. The van der Waals surface area contributed by atoms with Gasteiger partial charge in [-0.2, -0.15) is 13.2 Å². The van der Waals surface area contributed by atoms with Crippen LogP contribution in [0.4, 0.5) is 19.0 Å². The average molecular weight is 366 g/mol. The number of H-pyrrole nitrogens is 1. The van der Waals surface area contributed by atoms with Crippen LogP contribution in [0.3, 0.4) is 0 Å². The van der Waals surface area contributed by atoms with Crippen molar-refractivity contribution in [1.29, 1.82) is 0 Å². The molecule has 1 aliphatic carbocycles. The van der Waals surface area contributed by atoms with E-state index < -0.39 is 12.1 Å². The highest BCUT2D eigenvalue weighted by molar-refractivity contribution is 5.56. The van der Waals surface area contributed by atoms with Crippen molar-refractivity contribution in [2.45, 2.75) is 51.7 Å². The Hall–Kier alpha value is -2.38. The Bertz CT molecular complexity index is 830. The van der Waals surface area contributed by atoms with E-state index in [1.807, 2.05) is 0 Å². The SMILES string of the molecule is Cc1nc(-c2ccc(NC3CCCC(C(F)(F)F)C3)nc2)[nH]c(=O)c1C. The molecule has 0 aromatic carbocycles. The fourth-order valence-electron chi connectivity index (χ4n) is 3.23. The number of anilines is 1. The van der Waals surface area contributed by atoms with Gasteiger partial charge in [-0.15, -0.1) is 0 Å². The Morgan fingerprint density at radius 2 is 2.00 bits per heavy atom. The topological polar surface area (TPSA) is 70.7 Å². The van der Waals surface area contributed by atoms with Gasteiger partial charge in [-0.3, -0.25) is 4.79 Å². The van der Waals surface area contributed by atoms with Gasteiger partial charge in [0.25, 0.3) is 5.56 Å². The van der Waals surface area contributed by atoms with Crippen molar-refractivity contribution in [3.63, 3.8) is 0 Å². The van der Waals surface area contributed by atoms with Crippen LogP contribution in [0, 0.1) is 19.8 Å². The number of nitrogens with zero attached hydrogens (tertiary/aromatic N) is 2. The molecule has 2 aromatic heterocycles. The molecule has 1 aliphatic rings. The van der Waals surface area contributed by atoms with E-state index in [1.54, 1.807) is 32.2 Å². The largest absolute Gasteiger partial charge is 0.391 e. The van der Waals surface area contributed by atoms with Gasteiger partial charge >= 0.3 is 6.18 Å². The van der Waals surface area contributed by atoms with Gasteiger partial charge in [0.2, 0.25) is 0 Å². The lowest BCUT2D eigenvalue weighted by molar-refractivity contribution is -0.182. The summed E-state index contributed by atoms with van der Waals surface area (Å²) in [5, 5.41) is 3.09. The molecule has 2 aromatic rings. The van der Waals surface area contributed by atoms with Crippen molar-refractivity contribution in [1.82, 2.24) is 15.0 Å². The number of nitrogens with one attached hydrogen (secondary N) is 2. The highest BCUT2D eigenvalue weighted by Crippen LogP contribution is 2.38. The molecule has 2 unspecified atom stereocenters. The molecule has 3 rings (SSSR count). The van der Waals surface area contributed by atoms with Crippen molar-refractivity contribution >= 4 is 5.82 Å². The van der Waals surface area contributed by atoms with E-state index in [9.17, 15) is 18.0 Å². The fourth-order valence-corrected chi connectivity index (χ4v) is 3.23. The Balaban J connectivity index is 1.71. The zero-order valence-corrected chi connectivity index (χ0v) is 14.7. The number of halogens is 3. The number of alkyl halides is 3. The molecule has 140 valence electrons. The molecule has 0 amide bonds. The zero-order valence-electron chi connectivity index (χ0n) is 14.7. The summed E-state index contributed by atoms with van der Waals surface area (Å²) < 4.78 is 38.7. The molecule has 0 radical (unpaired) electrons. The number of aryl methyl sites for hydroxylation is 1. The molecule has 2 atom stereocenters. The van der Waals surface area contributed by atoms with Gasteiger partial charge in [0, 0.05) is 29.1 Å². The molecule has 0 spiro atoms. The van der Waals surface area contributed by atoms with E-state index in [2.05, 4.69) is 20.3 Å². The minimum Gasteiger partial charge on any atom is -0.367 e. The van der Waals surface area contributed by atoms with Crippen molar-refractivity contribution < 1.29 is 13.2 Å². The third kappa shape index (κ3) is 4.05. The summed E-state index contributed by atoms with van der Waals surface area (Å²) >= 11 is 0. The van der Waals surface area contributed by atoms with Crippen LogP contribution in [-0.4, -0.2) is 27.2 Å². The molecule has 0 saturated heterocycles. The van der Waals surface area contributed by atoms with Gasteiger partial charge in [-0.1, -0.05) is 6.42 Å². The number of hydrogen-bond acceptors (Lipinski definition) is 4. The van der Waals surface area contributed by atoms with Gasteiger partial charge in [0.1, 0.15) is 11.6 Å². The highest BCUT2D eigenvalue weighted by Gasteiger charge is 2.42. The van der Waals surface area contributed by atoms with Crippen LogP contribution in [-0.2, 0) is 0 Å². The van der Waals surface area contributed by atoms with E-state index in [1.165, 1.54) is 0 Å². The van der Waals surface area contributed by atoms with Crippen LogP contribution < -0.4 is 10.9 Å². The Morgan fingerprint density at radius 3 is 2.62 bits per heavy atom. The Labute approximate surface area is 149 Å². The summed E-state index contributed by atoms with van der Waals surface area (Å²) in [6.45, 7) is 3.46. The van der Waals surface area contributed by atoms with Gasteiger partial charge in [0.05, 0.1) is 5.92 Å². The molecule has 1 fully saturated rings. The second-order valence-electron chi connectivity index (χ2n) is 6.80. The molecular formula is C18H21F3N4O. The van der Waals surface area contributed by atoms with E-state index >= 15 is 0 Å². The standard InChI is InChI=1S/C18H21F3N4O/c1-10-11(2)23-16(25-17(10)26)12-6-7-15(22-9-12)24-14-5-3-4-13(8-14)18(19,20)21/h6-7,9,13-14H,3-5,8H2,1-2H3,(H,22,24)(H,23,25,26). The summed E-state index contributed by atoms with van der Waals surface area (Å²) in [4.78, 5) is 23.2. The number of rotatable bonds is 3. The molecule has 2 heterocycles. The lowest BCUT2D eigenvalue weighted by Crippen LogP contribution is -2.34. The van der Waals surface area contributed by atoms with E-state index in [0.717, 1.165) is 0 Å². The van der Waals surface area contributed by atoms with Crippen LogP contribution in [0.15, 0.2) is 23.1 Å². The first-order valence-electron chi connectivity index (χ1n) is 8.61. The smallest absolute Gasteiger partial charge is 0.367 e. The van der Waals surface area contributed by atoms with E-state index in [4.69, 9.17) is 0 Å². The average Bonchev–Trinajstić information content (AvgIpc) is 2.59. The van der Waals surface area contributed by atoms with Crippen LogP contribution in [0.5, 0.6) is 0 Å². The summed E-state index contributed by atoms with van der Waals surface area (Å²) in [6.07, 6.45) is -1.08. The first kappa shape index (κ1) is 18.4. The molecule has 0 aliphatic heterocycles. The molecule has 5 nitrogen and oxygen atoms in total. The van der Waals surface area contributed by atoms with Crippen LogP contribution in [0.25, 0.3) is 11.4 Å². The molecular weight excluding hydrogens is 345 g/mol. The predicted octanol–water partition coefficient (Wildman–Crippen LogP) is 3.98. The third-order valence-corrected chi connectivity index (χ3v) is 4.92. The summed E-state index contributed by atoms with van der Waals surface area (Å²) in [5.41, 5.74) is 1.66. The maximum Gasteiger partial charge on any atom is 0.391 e. The summed E-state index contributed by atoms with van der Waals surface area (Å²) in [7, 11) is 0. The van der Waals surface area contributed by atoms with Crippen LogP contribution in [0.1, 0.15) is 36.9 Å². The Kier molecular flexibility index (Phi) is 5.02. The number of hydrogen-bond donors (Lipinski definition) is 2. The number of aromatic nitrogens is 3. The van der Waals surface area contributed by atoms with Gasteiger partial charge in [-0.25, -0.2) is 9.97 Å². The minimum absolute atomic E-state index is 0.0684. The van der Waals surface area contributed by atoms with Crippen molar-refractivity contribution in [3.8, 4) is 11.4 Å². The normalized spacial score (nSPS) is 20.8. The van der Waals surface area contributed by atoms with Crippen molar-refractivity contribution in [3.05, 3.63) is 39.9 Å². The first-order chi connectivity index (χ1) is 12.2. The van der Waals surface area contributed by atoms with Gasteiger partial charge in [0.15, 0.2) is 0 Å². The second kappa shape index (κ2) is 7.09. The quantitative estimate of drug-likeness (QED) is 0.862. The predicted molar refractivity (Wildman–Crippen MR) is 93.0 cm³/mol. The van der Waals surface area contributed by atoms with Crippen LogP contribution in [0.2, 0.25) is 0 Å². The summed E-state index contributed by atoms with van der Waals surface area (Å²) in [5.74, 6) is -0.308. The highest BCUT2D eigenvalue weighted by atomic mass is 19.4. The van der Waals surface area contributed by atoms with E-state index in [-0.39, 0.29) is 24.4 Å². The lowest BCUT2D eigenvalue weighted by Gasteiger charge is -2.31. The molecule has 26 heavy (non-hydrogen) atoms. The maximum atomic E-state index is 12.9. The van der Waals surface area contributed by atoms with Gasteiger partial charge < -0.3 is 10.3 Å². The molecule has 1 saturated carbocycles. The molecule has 0 bridgehead atoms. The molecule has 8 heteroatoms. The maximum absolute atomic E-state index is 12.9. The monoisotopic (exact) mass is 366 g/mol. The minimum atomic E-state index is -4.14. The number of aromatic amines is 1. The van der Waals surface area contributed by atoms with Crippen molar-refractivity contribution in [2.24, 2.45) is 5.92 Å². The fraction of sp³-hybridized carbons (Fsp3) is 0.500. The summed E-state index contributed by atoms with van der Waals surface area (Å²) in [6, 6.07) is 3.20. The van der Waals surface area contributed by atoms with Crippen LogP contribution >= 0.6 is 0 Å². The van der Waals surface area contributed by atoms with E-state index in [0.29, 0.717) is 41.3 Å². The van der Waals surface area contributed by atoms with Gasteiger partial charge in [-0.05, 0) is 45.2 Å². The van der Waals surface area contributed by atoms with Crippen molar-refractivity contribution in [2.75, 3.05) is 5.32 Å². The lowest BCUT2D eigenvalue weighted by atomic mass is 9.85. The first-order valence-corrected chi connectivity index (χ1v) is 8.61. The zero-order chi connectivity index (χ0) is 18.9.